The fourth-order valence-electron chi connectivity index (χ4n) is 4.75. The van der Waals surface area contributed by atoms with Crippen LogP contribution in [-0.4, -0.2) is 54.4 Å². The molecule has 0 bridgehead atoms. The predicted octanol–water partition coefficient (Wildman–Crippen LogP) is 3.68. The first-order valence-corrected chi connectivity index (χ1v) is 12.2. The van der Waals surface area contributed by atoms with Gasteiger partial charge in [-0.1, -0.05) is 12.8 Å². The van der Waals surface area contributed by atoms with Gasteiger partial charge in [-0.25, -0.2) is 4.98 Å². The lowest BCUT2D eigenvalue weighted by atomic mass is 10.0. The zero-order valence-corrected chi connectivity index (χ0v) is 20.7. The molecule has 0 amide bonds. The highest BCUT2D eigenvalue weighted by Gasteiger charge is 2.16. The van der Waals surface area contributed by atoms with Crippen LogP contribution in [0.2, 0.25) is 0 Å². The smallest absolute Gasteiger partial charge is 0.162 e. The molecule has 9 heteroatoms. The Bertz CT molecular complexity index is 1370. The third-order valence-corrected chi connectivity index (χ3v) is 6.71. The Morgan fingerprint density at radius 3 is 2.53 bits per heavy atom. The monoisotopic (exact) mass is 488 g/mol. The van der Waals surface area contributed by atoms with Crippen molar-refractivity contribution in [3.8, 4) is 28.5 Å². The molecule has 188 valence electrons. The SMILES string of the molecule is COc1cc2ncc3c(N)nc(-c4cncc(OC[C@@H](N)CNC5CCCC5)c4)cc3c2cc1OC. The molecule has 0 aliphatic heterocycles. The molecule has 1 aliphatic rings. The normalized spacial score (nSPS) is 14.9. The number of ether oxygens (including phenoxy) is 3. The van der Waals surface area contributed by atoms with Gasteiger partial charge in [-0.3, -0.25) is 9.97 Å². The van der Waals surface area contributed by atoms with Gasteiger partial charge >= 0.3 is 0 Å². The van der Waals surface area contributed by atoms with E-state index in [1.807, 2.05) is 24.3 Å². The summed E-state index contributed by atoms with van der Waals surface area (Å²) < 4.78 is 16.9. The molecule has 3 aromatic heterocycles. The second kappa shape index (κ2) is 10.5. The molecule has 0 spiro atoms. The summed E-state index contributed by atoms with van der Waals surface area (Å²) in [6, 6.07) is 8.13. The topological polar surface area (TPSA) is 130 Å². The minimum Gasteiger partial charge on any atom is -0.493 e. The maximum Gasteiger partial charge on any atom is 0.162 e. The molecule has 3 heterocycles. The van der Waals surface area contributed by atoms with Gasteiger partial charge in [-0.15, -0.1) is 0 Å². The molecule has 5 rings (SSSR count). The van der Waals surface area contributed by atoms with Gasteiger partial charge in [0.25, 0.3) is 0 Å². The summed E-state index contributed by atoms with van der Waals surface area (Å²) in [5.74, 6) is 2.25. The molecule has 4 aromatic rings. The number of methoxy groups -OCH3 is 2. The summed E-state index contributed by atoms with van der Waals surface area (Å²) in [7, 11) is 3.21. The predicted molar refractivity (Wildman–Crippen MR) is 142 cm³/mol. The third kappa shape index (κ3) is 4.98. The van der Waals surface area contributed by atoms with E-state index < -0.39 is 0 Å². The zero-order chi connectivity index (χ0) is 25.1. The first-order valence-electron chi connectivity index (χ1n) is 12.2. The number of benzene rings is 1. The number of nitrogens with two attached hydrogens (primary N) is 2. The number of nitrogens with zero attached hydrogens (tertiary/aromatic N) is 3. The van der Waals surface area contributed by atoms with Gasteiger partial charge in [0.2, 0.25) is 0 Å². The Morgan fingerprint density at radius 2 is 1.75 bits per heavy atom. The maximum atomic E-state index is 6.35. The summed E-state index contributed by atoms with van der Waals surface area (Å²) >= 11 is 0. The van der Waals surface area contributed by atoms with E-state index in [1.54, 1.807) is 32.8 Å². The Hall–Kier alpha value is -3.69. The molecule has 1 fully saturated rings. The maximum absolute atomic E-state index is 6.35. The minimum atomic E-state index is -0.102. The number of hydrogen-bond acceptors (Lipinski definition) is 9. The van der Waals surface area contributed by atoms with E-state index in [0.717, 1.165) is 33.8 Å². The summed E-state index contributed by atoms with van der Waals surface area (Å²) in [4.78, 5) is 13.5. The van der Waals surface area contributed by atoms with Gasteiger partial charge in [-0.2, -0.15) is 0 Å². The first-order chi connectivity index (χ1) is 17.6. The van der Waals surface area contributed by atoms with Crippen molar-refractivity contribution in [3.63, 3.8) is 0 Å². The largest absolute Gasteiger partial charge is 0.493 e. The van der Waals surface area contributed by atoms with Gasteiger partial charge in [0.1, 0.15) is 18.2 Å². The van der Waals surface area contributed by atoms with Crippen LogP contribution < -0.4 is 31.0 Å². The third-order valence-electron chi connectivity index (χ3n) is 6.71. The Balaban J connectivity index is 1.40. The summed E-state index contributed by atoms with van der Waals surface area (Å²) in [5, 5.41) is 6.11. The number of anilines is 1. The summed E-state index contributed by atoms with van der Waals surface area (Å²) in [6.07, 6.45) is 10.2. The minimum absolute atomic E-state index is 0.102. The van der Waals surface area contributed by atoms with E-state index in [2.05, 4.69) is 20.3 Å². The van der Waals surface area contributed by atoms with E-state index in [-0.39, 0.29) is 6.04 Å². The second-order valence-electron chi connectivity index (χ2n) is 9.21. The number of pyridine rings is 3. The highest BCUT2D eigenvalue weighted by molar-refractivity contribution is 6.10. The van der Waals surface area contributed by atoms with Gasteiger partial charge in [0, 0.05) is 47.4 Å². The average Bonchev–Trinajstić information content (AvgIpc) is 3.43. The molecule has 1 aliphatic carbocycles. The molecular formula is C27H32N6O3. The van der Waals surface area contributed by atoms with Crippen molar-refractivity contribution >= 4 is 27.5 Å². The number of fused-ring (bicyclic) bond motifs is 3. The van der Waals surface area contributed by atoms with Crippen molar-refractivity contribution in [2.24, 2.45) is 5.73 Å². The quantitative estimate of drug-likeness (QED) is 0.302. The molecule has 1 saturated carbocycles. The Morgan fingerprint density at radius 1 is 0.972 bits per heavy atom. The van der Waals surface area contributed by atoms with Crippen LogP contribution >= 0.6 is 0 Å². The van der Waals surface area contributed by atoms with Gasteiger partial charge in [0.15, 0.2) is 11.5 Å². The van der Waals surface area contributed by atoms with Crippen molar-refractivity contribution in [2.75, 3.05) is 33.1 Å². The average molecular weight is 489 g/mol. The van der Waals surface area contributed by atoms with Crippen molar-refractivity contribution < 1.29 is 14.2 Å². The number of aromatic nitrogens is 3. The highest BCUT2D eigenvalue weighted by Crippen LogP contribution is 2.37. The van der Waals surface area contributed by atoms with Crippen LogP contribution in [0.5, 0.6) is 17.2 Å². The van der Waals surface area contributed by atoms with E-state index >= 15 is 0 Å². The van der Waals surface area contributed by atoms with E-state index in [0.29, 0.717) is 41.4 Å². The number of nitrogens with one attached hydrogen (secondary N) is 1. The molecule has 0 saturated heterocycles. The second-order valence-corrected chi connectivity index (χ2v) is 9.21. The highest BCUT2D eigenvalue weighted by atomic mass is 16.5. The van der Waals surface area contributed by atoms with Crippen LogP contribution in [0.15, 0.2) is 42.9 Å². The number of hydrogen-bond donors (Lipinski definition) is 3. The van der Waals surface area contributed by atoms with Gasteiger partial charge in [-0.05, 0) is 36.4 Å². The molecule has 9 nitrogen and oxygen atoms in total. The standard InChI is InChI=1S/C27H32N6O3/c1-34-25-9-21-20-8-23(33-27(29)22(20)14-32-24(21)10-26(25)35-2)16-7-19(13-30-11-16)36-15-17(28)12-31-18-5-3-4-6-18/h7-11,13-14,17-18,31H,3-6,12,15,28H2,1-2H3,(H2,29,33)/t17-/m0/s1. The molecule has 36 heavy (non-hydrogen) atoms. The fraction of sp³-hybridized carbons (Fsp3) is 0.370. The van der Waals surface area contributed by atoms with Crippen molar-refractivity contribution in [2.45, 2.75) is 37.8 Å². The van der Waals surface area contributed by atoms with Crippen LogP contribution in [0, 0.1) is 0 Å². The van der Waals surface area contributed by atoms with E-state index in [9.17, 15) is 0 Å². The number of rotatable bonds is 9. The van der Waals surface area contributed by atoms with Crippen LogP contribution in [0.1, 0.15) is 25.7 Å². The fourth-order valence-corrected chi connectivity index (χ4v) is 4.75. The van der Waals surface area contributed by atoms with Crippen molar-refractivity contribution in [1.82, 2.24) is 20.3 Å². The first kappa shape index (κ1) is 24.0. The van der Waals surface area contributed by atoms with E-state index in [1.165, 1.54) is 25.7 Å². The molecular weight excluding hydrogens is 456 g/mol. The van der Waals surface area contributed by atoms with Crippen LogP contribution in [0.4, 0.5) is 5.82 Å². The van der Waals surface area contributed by atoms with Crippen LogP contribution in [-0.2, 0) is 0 Å². The summed E-state index contributed by atoms with van der Waals surface area (Å²) in [6.45, 7) is 1.13. The van der Waals surface area contributed by atoms with Gasteiger partial charge in [0.05, 0.1) is 37.7 Å². The van der Waals surface area contributed by atoms with E-state index in [4.69, 9.17) is 25.7 Å². The zero-order valence-electron chi connectivity index (χ0n) is 20.7. The lowest BCUT2D eigenvalue weighted by Crippen LogP contribution is -2.41. The lowest BCUT2D eigenvalue weighted by Gasteiger charge is -2.17. The van der Waals surface area contributed by atoms with Crippen molar-refractivity contribution in [3.05, 3.63) is 42.9 Å². The molecule has 1 aromatic carbocycles. The molecule has 0 radical (unpaired) electrons. The van der Waals surface area contributed by atoms with Gasteiger partial charge < -0.3 is 31.0 Å². The van der Waals surface area contributed by atoms with Crippen LogP contribution in [0.3, 0.4) is 0 Å². The molecule has 5 N–H and O–H groups in total. The molecule has 1 atom stereocenters. The van der Waals surface area contributed by atoms with Crippen molar-refractivity contribution in [1.29, 1.82) is 0 Å². The summed E-state index contributed by atoms with van der Waals surface area (Å²) in [5.41, 5.74) is 14.9. The van der Waals surface area contributed by atoms with Crippen LogP contribution in [0.25, 0.3) is 32.9 Å². The Labute approximate surface area is 210 Å². The Kier molecular flexibility index (Phi) is 7.02. The molecule has 0 unspecified atom stereocenters. The number of nitrogen functional groups attached to an aromatic ring is 1. The lowest BCUT2D eigenvalue weighted by molar-refractivity contribution is 0.279.